The van der Waals surface area contributed by atoms with Crippen LogP contribution in [-0.4, -0.2) is 33.8 Å². The van der Waals surface area contributed by atoms with E-state index in [9.17, 15) is 4.79 Å². The van der Waals surface area contributed by atoms with E-state index in [0.29, 0.717) is 10.8 Å². The fourth-order valence-corrected chi connectivity index (χ4v) is 5.09. The van der Waals surface area contributed by atoms with E-state index in [2.05, 4.69) is 15.2 Å². The number of thiazole rings is 1. The molecule has 0 fully saturated rings. The van der Waals surface area contributed by atoms with Crippen LogP contribution >= 0.6 is 23.1 Å². The summed E-state index contributed by atoms with van der Waals surface area (Å²) in [6, 6.07) is 13.6. The highest BCUT2D eigenvalue weighted by molar-refractivity contribution is 8.00. The first-order valence-corrected chi connectivity index (χ1v) is 11.3. The summed E-state index contributed by atoms with van der Waals surface area (Å²) in [4.78, 5) is 17.4. The number of thioether (sulfide) groups is 1. The fourth-order valence-electron chi connectivity index (χ4n) is 3.29. The number of nitrogens with zero attached hydrogens (tertiary/aromatic N) is 3. The van der Waals surface area contributed by atoms with Crippen molar-refractivity contribution >= 4 is 39.1 Å². The summed E-state index contributed by atoms with van der Waals surface area (Å²) in [5.74, 6) is 1.17. The molecule has 152 valence electrons. The van der Waals surface area contributed by atoms with Crippen LogP contribution in [0.25, 0.3) is 21.5 Å². The summed E-state index contributed by atoms with van der Waals surface area (Å²) >= 11 is 2.98. The van der Waals surface area contributed by atoms with Crippen LogP contribution in [0.15, 0.2) is 47.5 Å². The molecule has 0 bridgehead atoms. The van der Waals surface area contributed by atoms with E-state index in [0.717, 1.165) is 48.9 Å². The highest BCUT2D eigenvalue weighted by atomic mass is 32.2. The molecule has 0 amide bonds. The van der Waals surface area contributed by atoms with Crippen molar-refractivity contribution in [2.45, 2.75) is 25.8 Å². The molecule has 0 aliphatic rings. The van der Waals surface area contributed by atoms with E-state index in [4.69, 9.17) is 4.74 Å². The Morgan fingerprint density at radius 3 is 2.53 bits per heavy atom. The summed E-state index contributed by atoms with van der Waals surface area (Å²) in [5, 5.41) is 10.5. The summed E-state index contributed by atoms with van der Waals surface area (Å²) in [6.07, 6.45) is 0. The highest BCUT2D eigenvalue weighted by Gasteiger charge is 2.18. The van der Waals surface area contributed by atoms with E-state index < -0.39 is 0 Å². The van der Waals surface area contributed by atoms with Gasteiger partial charge in [-0.2, -0.15) is 0 Å². The zero-order valence-electron chi connectivity index (χ0n) is 17.2. The van der Waals surface area contributed by atoms with Crippen LogP contribution in [-0.2, 0) is 0 Å². The SMILES string of the molecule is COc1ccc(-c2nnc(SCC(=O)c3ccc(C)cc3C)c3nc(C)sc23)cc1. The Morgan fingerprint density at radius 2 is 1.83 bits per heavy atom. The maximum Gasteiger partial charge on any atom is 0.173 e. The molecule has 0 N–H and O–H groups in total. The number of rotatable bonds is 6. The Kier molecular flexibility index (Phi) is 5.83. The number of ether oxygens (including phenoxy) is 1. The number of hydrogen-bond donors (Lipinski definition) is 0. The fraction of sp³-hybridized carbons (Fsp3) is 0.217. The number of benzene rings is 2. The van der Waals surface area contributed by atoms with Crippen molar-refractivity contribution in [2.75, 3.05) is 12.9 Å². The zero-order valence-corrected chi connectivity index (χ0v) is 18.9. The molecule has 0 atom stereocenters. The lowest BCUT2D eigenvalue weighted by Crippen LogP contribution is -2.05. The maximum atomic E-state index is 12.7. The van der Waals surface area contributed by atoms with Crippen LogP contribution in [0.3, 0.4) is 0 Å². The Labute approximate surface area is 183 Å². The smallest absolute Gasteiger partial charge is 0.173 e. The number of carbonyl (C=O) groups is 1. The molecule has 30 heavy (non-hydrogen) atoms. The van der Waals surface area contributed by atoms with Gasteiger partial charge in [-0.3, -0.25) is 4.79 Å². The lowest BCUT2D eigenvalue weighted by molar-refractivity contribution is 0.102. The maximum absolute atomic E-state index is 12.7. The van der Waals surface area contributed by atoms with Gasteiger partial charge in [0.2, 0.25) is 0 Å². The highest BCUT2D eigenvalue weighted by Crippen LogP contribution is 2.36. The number of aromatic nitrogens is 3. The van der Waals surface area contributed by atoms with E-state index in [1.54, 1.807) is 18.4 Å². The minimum atomic E-state index is 0.0821. The van der Waals surface area contributed by atoms with Crippen molar-refractivity contribution in [1.82, 2.24) is 15.2 Å². The van der Waals surface area contributed by atoms with Gasteiger partial charge in [0.1, 0.15) is 22.0 Å². The average Bonchev–Trinajstić information content (AvgIpc) is 3.13. The monoisotopic (exact) mass is 435 g/mol. The molecular formula is C23H21N3O2S2. The predicted molar refractivity (Wildman–Crippen MR) is 123 cm³/mol. The Bertz CT molecular complexity index is 1230. The van der Waals surface area contributed by atoms with Gasteiger partial charge in [-0.15, -0.1) is 21.5 Å². The van der Waals surface area contributed by atoms with Crippen molar-refractivity contribution < 1.29 is 9.53 Å². The van der Waals surface area contributed by atoms with Gasteiger partial charge in [0.25, 0.3) is 0 Å². The first-order valence-electron chi connectivity index (χ1n) is 9.47. The molecule has 0 aliphatic heterocycles. The largest absolute Gasteiger partial charge is 0.497 e. The standard InChI is InChI=1S/C23H21N3O2S2/c1-13-5-10-18(14(2)11-13)19(27)12-29-23-21-22(30-15(3)24-21)20(25-26-23)16-6-8-17(28-4)9-7-16/h5-11H,12H2,1-4H3. The quantitative estimate of drug-likeness (QED) is 0.287. The summed E-state index contributed by atoms with van der Waals surface area (Å²) in [5.41, 5.74) is 5.45. The van der Waals surface area contributed by atoms with Gasteiger partial charge in [-0.25, -0.2) is 4.98 Å². The number of fused-ring (bicyclic) bond motifs is 1. The number of ketones is 1. The predicted octanol–water partition coefficient (Wildman–Crippen LogP) is 5.66. The topological polar surface area (TPSA) is 65.0 Å². The van der Waals surface area contributed by atoms with E-state index in [1.807, 2.05) is 63.2 Å². The van der Waals surface area contributed by atoms with Crippen molar-refractivity contribution in [3.63, 3.8) is 0 Å². The van der Waals surface area contributed by atoms with Gasteiger partial charge in [0.15, 0.2) is 5.78 Å². The summed E-state index contributed by atoms with van der Waals surface area (Å²) < 4.78 is 6.22. The number of hydrogen-bond acceptors (Lipinski definition) is 7. The van der Waals surface area contributed by atoms with Gasteiger partial charge in [-0.1, -0.05) is 35.5 Å². The number of carbonyl (C=O) groups excluding carboxylic acids is 1. The molecule has 4 rings (SSSR count). The minimum Gasteiger partial charge on any atom is -0.497 e. The Hall–Kier alpha value is -2.77. The van der Waals surface area contributed by atoms with Crippen molar-refractivity contribution in [3.05, 3.63) is 64.2 Å². The van der Waals surface area contributed by atoms with Gasteiger partial charge in [0, 0.05) is 11.1 Å². The number of aryl methyl sites for hydroxylation is 3. The molecule has 7 heteroatoms. The molecule has 0 radical (unpaired) electrons. The van der Waals surface area contributed by atoms with Crippen molar-refractivity contribution in [1.29, 1.82) is 0 Å². The molecule has 2 aromatic heterocycles. The third-order valence-corrected chi connectivity index (χ3v) is 6.71. The van der Waals surface area contributed by atoms with Gasteiger partial charge >= 0.3 is 0 Å². The molecule has 0 aliphatic carbocycles. The lowest BCUT2D eigenvalue weighted by atomic mass is 10.0. The lowest BCUT2D eigenvalue weighted by Gasteiger charge is -2.07. The van der Waals surface area contributed by atoms with Crippen LogP contribution in [0.2, 0.25) is 0 Å². The third kappa shape index (κ3) is 4.08. The van der Waals surface area contributed by atoms with Crippen molar-refractivity contribution in [2.24, 2.45) is 0 Å². The second-order valence-electron chi connectivity index (χ2n) is 7.02. The van der Waals surface area contributed by atoms with Gasteiger partial charge < -0.3 is 4.74 Å². The van der Waals surface area contributed by atoms with Crippen molar-refractivity contribution in [3.8, 4) is 17.0 Å². The molecule has 2 aromatic carbocycles. The average molecular weight is 436 g/mol. The summed E-state index contributed by atoms with van der Waals surface area (Å²) in [7, 11) is 1.64. The minimum absolute atomic E-state index is 0.0821. The van der Waals surface area contributed by atoms with Crippen LogP contribution in [0.1, 0.15) is 26.5 Å². The molecule has 0 spiro atoms. The first-order chi connectivity index (χ1) is 14.5. The second kappa shape index (κ2) is 8.53. The van der Waals surface area contributed by atoms with E-state index in [1.165, 1.54) is 11.8 Å². The normalized spacial score (nSPS) is 11.1. The molecule has 0 unspecified atom stereocenters. The molecule has 0 saturated carbocycles. The van der Waals surface area contributed by atoms with E-state index >= 15 is 0 Å². The van der Waals surface area contributed by atoms with Gasteiger partial charge in [-0.05, 0) is 50.6 Å². The molecule has 5 nitrogen and oxygen atoms in total. The zero-order chi connectivity index (χ0) is 21.3. The van der Waals surface area contributed by atoms with Gasteiger partial charge in [0.05, 0.1) is 22.6 Å². The second-order valence-corrected chi connectivity index (χ2v) is 9.19. The van der Waals surface area contributed by atoms with Crippen LogP contribution < -0.4 is 4.74 Å². The molecule has 2 heterocycles. The van der Waals surface area contributed by atoms with Crippen LogP contribution in [0.4, 0.5) is 0 Å². The molecule has 0 saturated heterocycles. The van der Waals surface area contributed by atoms with E-state index in [-0.39, 0.29) is 5.78 Å². The summed E-state index contributed by atoms with van der Waals surface area (Å²) in [6.45, 7) is 5.96. The molecular weight excluding hydrogens is 414 g/mol. The first kappa shape index (κ1) is 20.5. The molecule has 4 aromatic rings. The Morgan fingerprint density at radius 1 is 1.07 bits per heavy atom. The third-order valence-electron chi connectivity index (χ3n) is 4.78. The Balaban J connectivity index is 1.63. The number of methoxy groups -OCH3 is 1. The van der Waals surface area contributed by atoms with Crippen LogP contribution in [0.5, 0.6) is 5.75 Å². The van der Waals surface area contributed by atoms with Crippen LogP contribution in [0, 0.1) is 20.8 Å². The number of Topliss-reactive ketones (excluding diaryl/α,β-unsaturated/α-hetero) is 1.